The Morgan fingerprint density at radius 2 is 2.12 bits per heavy atom. The number of phenolic OH excluding ortho intramolecular Hbond substituents is 1. The molecule has 0 bridgehead atoms. The summed E-state index contributed by atoms with van der Waals surface area (Å²) in [4.78, 5) is 0. The van der Waals surface area contributed by atoms with Crippen LogP contribution in [-0.2, 0) is 0 Å². The highest BCUT2D eigenvalue weighted by Crippen LogP contribution is 2.30. The SMILES string of the molecule is CC(C)n1cnnc1-c1ccc(N)cc1O. The van der Waals surface area contributed by atoms with Crippen LogP contribution in [0.2, 0.25) is 0 Å². The van der Waals surface area contributed by atoms with Crippen molar-refractivity contribution in [3.63, 3.8) is 0 Å². The van der Waals surface area contributed by atoms with Crippen molar-refractivity contribution in [3.05, 3.63) is 24.5 Å². The second kappa shape index (κ2) is 3.84. The number of rotatable bonds is 2. The van der Waals surface area contributed by atoms with Crippen LogP contribution in [0.4, 0.5) is 5.69 Å². The monoisotopic (exact) mass is 218 g/mol. The van der Waals surface area contributed by atoms with Gasteiger partial charge in [-0.2, -0.15) is 0 Å². The molecule has 84 valence electrons. The van der Waals surface area contributed by atoms with E-state index in [1.807, 2.05) is 18.4 Å². The van der Waals surface area contributed by atoms with Crippen LogP contribution in [0.5, 0.6) is 5.75 Å². The first-order valence-electron chi connectivity index (χ1n) is 5.08. The number of aromatic nitrogens is 3. The third-order valence-corrected chi connectivity index (χ3v) is 2.39. The predicted octanol–water partition coefficient (Wildman–Crippen LogP) is 1.81. The van der Waals surface area contributed by atoms with E-state index < -0.39 is 0 Å². The number of nitrogens with zero attached hydrogens (tertiary/aromatic N) is 3. The summed E-state index contributed by atoms with van der Waals surface area (Å²) in [6.07, 6.45) is 1.65. The highest BCUT2D eigenvalue weighted by atomic mass is 16.3. The van der Waals surface area contributed by atoms with E-state index in [-0.39, 0.29) is 11.8 Å². The number of aromatic hydroxyl groups is 1. The Morgan fingerprint density at radius 1 is 1.38 bits per heavy atom. The first-order chi connectivity index (χ1) is 7.59. The molecule has 16 heavy (non-hydrogen) atoms. The van der Waals surface area contributed by atoms with Crippen molar-refractivity contribution < 1.29 is 5.11 Å². The van der Waals surface area contributed by atoms with Gasteiger partial charge in [-0.1, -0.05) is 0 Å². The van der Waals surface area contributed by atoms with E-state index in [1.54, 1.807) is 18.5 Å². The first kappa shape index (κ1) is 10.5. The lowest BCUT2D eigenvalue weighted by Crippen LogP contribution is -2.02. The second-order valence-corrected chi connectivity index (χ2v) is 3.93. The summed E-state index contributed by atoms with van der Waals surface area (Å²) in [5.41, 5.74) is 6.74. The van der Waals surface area contributed by atoms with Gasteiger partial charge in [-0.05, 0) is 26.0 Å². The molecule has 0 spiro atoms. The second-order valence-electron chi connectivity index (χ2n) is 3.93. The van der Waals surface area contributed by atoms with Crippen molar-refractivity contribution in [2.24, 2.45) is 0 Å². The number of nitrogens with two attached hydrogens (primary N) is 1. The van der Waals surface area contributed by atoms with Gasteiger partial charge in [-0.3, -0.25) is 0 Å². The highest BCUT2D eigenvalue weighted by molar-refractivity contribution is 5.67. The van der Waals surface area contributed by atoms with Crippen LogP contribution >= 0.6 is 0 Å². The van der Waals surface area contributed by atoms with Crippen LogP contribution in [0.1, 0.15) is 19.9 Å². The van der Waals surface area contributed by atoms with Gasteiger partial charge in [0.05, 0.1) is 5.56 Å². The normalized spacial score (nSPS) is 10.9. The van der Waals surface area contributed by atoms with Crippen molar-refractivity contribution in [3.8, 4) is 17.1 Å². The van der Waals surface area contributed by atoms with Gasteiger partial charge >= 0.3 is 0 Å². The van der Waals surface area contributed by atoms with E-state index in [0.29, 0.717) is 17.1 Å². The molecule has 0 saturated heterocycles. The van der Waals surface area contributed by atoms with Crippen LogP contribution in [0.25, 0.3) is 11.4 Å². The maximum absolute atomic E-state index is 9.81. The fourth-order valence-corrected chi connectivity index (χ4v) is 1.55. The topological polar surface area (TPSA) is 77.0 Å². The minimum absolute atomic E-state index is 0.120. The van der Waals surface area contributed by atoms with Crippen LogP contribution in [0.15, 0.2) is 24.5 Å². The number of hydrogen-bond acceptors (Lipinski definition) is 4. The largest absolute Gasteiger partial charge is 0.507 e. The molecule has 2 rings (SSSR count). The first-order valence-corrected chi connectivity index (χ1v) is 5.08. The molecule has 2 aromatic rings. The van der Waals surface area contributed by atoms with Gasteiger partial charge in [0.15, 0.2) is 5.82 Å². The fourth-order valence-electron chi connectivity index (χ4n) is 1.55. The van der Waals surface area contributed by atoms with Gasteiger partial charge in [-0.25, -0.2) is 0 Å². The van der Waals surface area contributed by atoms with Gasteiger partial charge in [0, 0.05) is 17.8 Å². The van der Waals surface area contributed by atoms with E-state index in [4.69, 9.17) is 5.73 Å². The Kier molecular flexibility index (Phi) is 2.52. The van der Waals surface area contributed by atoms with E-state index in [0.717, 1.165) is 0 Å². The molecule has 0 aliphatic rings. The minimum Gasteiger partial charge on any atom is -0.507 e. The molecule has 0 radical (unpaired) electrons. The number of benzene rings is 1. The predicted molar refractivity (Wildman–Crippen MR) is 61.9 cm³/mol. The van der Waals surface area contributed by atoms with E-state index in [1.165, 1.54) is 6.07 Å². The molecule has 1 heterocycles. The number of phenols is 1. The van der Waals surface area contributed by atoms with E-state index in [2.05, 4.69) is 10.2 Å². The molecule has 0 amide bonds. The zero-order valence-corrected chi connectivity index (χ0v) is 9.25. The lowest BCUT2D eigenvalue weighted by molar-refractivity contribution is 0.476. The van der Waals surface area contributed by atoms with E-state index >= 15 is 0 Å². The quantitative estimate of drug-likeness (QED) is 0.754. The lowest BCUT2D eigenvalue weighted by atomic mass is 10.1. The van der Waals surface area contributed by atoms with Crippen LogP contribution < -0.4 is 5.73 Å². The average Bonchev–Trinajstić information content (AvgIpc) is 2.66. The van der Waals surface area contributed by atoms with E-state index in [9.17, 15) is 5.11 Å². The molecule has 0 atom stereocenters. The molecular formula is C11H14N4O. The molecular weight excluding hydrogens is 204 g/mol. The Hall–Kier alpha value is -2.04. The lowest BCUT2D eigenvalue weighted by Gasteiger charge is -2.11. The molecule has 5 heteroatoms. The minimum atomic E-state index is 0.120. The highest BCUT2D eigenvalue weighted by Gasteiger charge is 2.13. The summed E-state index contributed by atoms with van der Waals surface area (Å²) in [6, 6.07) is 5.22. The fraction of sp³-hybridized carbons (Fsp3) is 0.273. The van der Waals surface area contributed by atoms with Gasteiger partial charge in [0.2, 0.25) is 0 Å². The summed E-state index contributed by atoms with van der Waals surface area (Å²) in [6.45, 7) is 4.06. The third kappa shape index (κ3) is 1.71. The maximum atomic E-state index is 9.81. The van der Waals surface area contributed by atoms with Crippen molar-refractivity contribution in [2.45, 2.75) is 19.9 Å². The van der Waals surface area contributed by atoms with Crippen LogP contribution in [0, 0.1) is 0 Å². The molecule has 1 aromatic carbocycles. The zero-order valence-electron chi connectivity index (χ0n) is 9.25. The molecule has 5 nitrogen and oxygen atoms in total. The van der Waals surface area contributed by atoms with Gasteiger partial charge in [0.1, 0.15) is 12.1 Å². The molecule has 3 N–H and O–H groups in total. The molecule has 0 aliphatic carbocycles. The molecule has 0 fully saturated rings. The Morgan fingerprint density at radius 3 is 2.75 bits per heavy atom. The average molecular weight is 218 g/mol. The Balaban J connectivity index is 2.54. The van der Waals surface area contributed by atoms with Gasteiger partial charge < -0.3 is 15.4 Å². The number of anilines is 1. The number of nitrogen functional groups attached to an aromatic ring is 1. The zero-order chi connectivity index (χ0) is 11.7. The number of hydrogen-bond donors (Lipinski definition) is 2. The van der Waals surface area contributed by atoms with Crippen molar-refractivity contribution in [1.29, 1.82) is 0 Å². The Labute approximate surface area is 93.5 Å². The standard InChI is InChI=1S/C11H14N4O/c1-7(2)15-6-13-14-11(15)9-4-3-8(12)5-10(9)16/h3-7,16H,12H2,1-2H3. The molecule has 0 unspecified atom stereocenters. The summed E-state index contributed by atoms with van der Waals surface area (Å²) in [5.74, 6) is 0.766. The molecule has 0 aliphatic heterocycles. The summed E-state index contributed by atoms with van der Waals surface area (Å²) in [5, 5.41) is 17.7. The molecule has 0 saturated carbocycles. The van der Waals surface area contributed by atoms with Crippen LogP contribution in [0.3, 0.4) is 0 Å². The Bertz CT molecular complexity index is 504. The summed E-state index contributed by atoms with van der Waals surface area (Å²) < 4.78 is 1.89. The van der Waals surface area contributed by atoms with Gasteiger partial charge in [0.25, 0.3) is 0 Å². The smallest absolute Gasteiger partial charge is 0.167 e. The van der Waals surface area contributed by atoms with Crippen molar-refractivity contribution >= 4 is 5.69 Å². The summed E-state index contributed by atoms with van der Waals surface area (Å²) in [7, 11) is 0. The van der Waals surface area contributed by atoms with Crippen molar-refractivity contribution in [2.75, 3.05) is 5.73 Å². The van der Waals surface area contributed by atoms with Gasteiger partial charge in [-0.15, -0.1) is 10.2 Å². The summed E-state index contributed by atoms with van der Waals surface area (Å²) >= 11 is 0. The maximum Gasteiger partial charge on any atom is 0.167 e. The van der Waals surface area contributed by atoms with Crippen molar-refractivity contribution in [1.82, 2.24) is 14.8 Å². The van der Waals surface area contributed by atoms with Crippen LogP contribution in [-0.4, -0.2) is 19.9 Å². The molecule has 1 aromatic heterocycles. The third-order valence-electron chi connectivity index (χ3n) is 2.39.